The Hall–Kier alpha value is -0.0400. The van der Waals surface area contributed by atoms with E-state index in [9.17, 15) is 0 Å². The van der Waals surface area contributed by atoms with Gasteiger partial charge in [0.15, 0.2) is 0 Å². The van der Waals surface area contributed by atoms with E-state index in [2.05, 4.69) is 26.5 Å². The Morgan fingerprint density at radius 1 is 1.27 bits per heavy atom. The minimum atomic E-state index is 0.553. The average Bonchev–Trinajstić information content (AvgIpc) is 2.20. The van der Waals surface area contributed by atoms with Crippen LogP contribution in [0.4, 0.5) is 0 Å². The summed E-state index contributed by atoms with van der Waals surface area (Å²) in [5, 5.41) is 0. The van der Waals surface area contributed by atoms with Crippen molar-refractivity contribution in [2.45, 2.75) is 46.1 Å². The lowest BCUT2D eigenvalue weighted by Gasteiger charge is -2.35. The average molecular weight is 154 g/mol. The molecule has 1 nitrogen and oxygen atoms in total. The summed E-state index contributed by atoms with van der Waals surface area (Å²) < 4.78 is 0. The Morgan fingerprint density at radius 2 is 1.91 bits per heavy atom. The van der Waals surface area contributed by atoms with Crippen molar-refractivity contribution in [3.05, 3.63) is 0 Å². The zero-order chi connectivity index (χ0) is 8.28. The fourth-order valence-electron chi connectivity index (χ4n) is 3.37. The predicted octanol–water partition coefficient (Wildman–Crippen LogP) is 1.44. The van der Waals surface area contributed by atoms with Crippen molar-refractivity contribution in [2.75, 3.05) is 0 Å². The second kappa shape index (κ2) is 1.82. The molecule has 1 heteroatoms. The van der Waals surface area contributed by atoms with Gasteiger partial charge in [-0.25, -0.2) is 0 Å². The third-order valence-electron chi connectivity index (χ3n) is 4.97. The van der Waals surface area contributed by atoms with Gasteiger partial charge in [-0.3, -0.25) is 0 Å². The third-order valence-corrected chi connectivity index (χ3v) is 4.97. The van der Waals surface area contributed by atoms with E-state index >= 15 is 0 Å². The second-order valence-electron chi connectivity index (χ2n) is 5.31. The van der Waals surface area contributed by atoms with Crippen LogP contribution in [0.2, 0.25) is 0 Å². The zero-order valence-corrected chi connectivity index (χ0v) is 7.98. The molecule has 0 aromatic carbocycles. The van der Waals surface area contributed by atoms with Crippen LogP contribution in [0, 0.1) is 16.7 Å². The number of hydrogen-bond acceptors (Lipinski definition) is 0. The summed E-state index contributed by atoms with van der Waals surface area (Å²) in [6.07, 6.45) is 4.25. The van der Waals surface area contributed by atoms with Gasteiger partial charge in [0.05, 0.1) is 6.04 Å². The molecule has 64 valence electrons. The van der Waals surface area contributed by atoms with Crippen molar-refractivity contribution < 1.29 is 5.73 Å². The van der Waals surface area contributed by atoms with Gasteiger partial charge in [0, 0.05) is 11.8 Å². The van der Waals surface area contributed by atoms with E-state index in [0.29, 0.717) is 10.8 Å². The first-order chi connectivity index (χ1) is 4.98. The molecule has 2 aliphatic rings. The molecule has 3 N–H and O–H groups in total. The summed E-state index contributed by atoms with van der Waals surface area (Å²) in [5.41, 5.74) is 5.41. The summed E-state index contributed by atoms with van der Waals surface area (Å²) in [7, 11) is 0. The van der Waals surface area contributed by atoms with Crippen molar-refractivity contribution >= 4 is 0 Å². The van der Waals surface area contributed by atoms with Gasteiger partial charge in [-0.1, -0.05) is 20.8 Å². The number of rotatable bonds is 0. The first-order valence-corrected chi connectivity index (χ1v) is 4.81. The number of quaternary nitrogens is 1. The third kappa shape index (κ3) is 0.658. The van der Waals surface area contributed by atoms with Crippen LogP contribution in [-0.2, 0) is 0 Å². The van der Waals surface area contributed by atoms with Crippen LogP contribution in [0.1, 0.15) is 40.0 Å². The molecule has 0 unspecified atom stereocenters. The Bertz CT molecular complexity index is 185. The Morgan fingerprint density at radius 3 is 2.09 bits per heavy atom. The SMILES string of the molecule is CC1(C)[C@H]2CC[C@@]1(C)[C@H]([NH3+])C2. The number of hydrogen-bond donors (Lipinski definition) is 1. The summed E-state index contributed by atoms with van der Waals surface area (Å²) in [4.78, 5) is 0. The molecule has 11 heavy (non-hydrogen) atoms. The zero-order valence-electron chi connectivity index (χ0n) is 7.98. The quantitative estimate of drug-likeness (QED) is 0.547. The Kier molecular flexibility index (Phi) is 1.26. The van der Waals surface area contributed by atoms with Crippen LogP contribution >= 0.6 is 0 Å². The molecule has 0 radical (unpaired) electrons. The fraction of sp³-hybridized carbons (Fsp3) is 1.00. The van der Waals surface area contributed by atoms with Gasteiger partial charge in [0.2, 0.25) is 0 Å². The summed E-state index contributed by atoms with van der Waals surface area (Å²) in [6.45, 7) is 7.32. The standard InChI is InChI=1S/C10H19N/c1-9(2)7-4-5-10(9,3)8(11)6-7/h7-8H,4-6,11H2,1-3H3/p+1/t7-,8+,10-/m0/s1. The van der Waals surface area contributed by atoms with E-state index in [1.165, 1.54) is 19.3 Å². The van der Waals surface area contributed by atoms with E-state index < -0.39 is 0 Å². The topological polar surface area (TPSA) is 27.6 Å². The largest absolute Gasteiger partial charge is 0.355 e. The molecule has 0 aromatic rings. The van der Waals surface area contributed by atoms with E-state index in [1.54, 1.807) is 0 Å². The van der Waals surface area contributed by atoms with Gasteiger partial charge in [-0.2, -0.15) is 0 Å². The minimum absolute atomic E-state index is 0.553. The van der Waals surface area contributed by atoms with Gasteiger partial charge < -0.3 is 5.73 Å². The van der Waals surface area contributed by atoms with Gasteiger partial charge in [0.1, 0.15) is 0 Å². The molecule has 0 aromatic heterocycles. The van der Waals surface area contributed by atoms with Crippen LogP contribution in [0.5, 0.6) is 0 Å². The molecule has 0 amide bonds. The van der Waals surface area contributed by atoms with E-state index in [4.69, 9.17) is 0 Å². The predicted molar refractivity (Wildman–Crippen MR) is 45.9 cm³/mol. The highest BCUT2D eigenvalue weighted by Crippen LogP contribution is 2.64. The van der Waals surface area contributed by atoms with Crippen molar-refractivity contribution in [1.29, 1.82) is 0 Å². The maximum Gasteiger partial charge on any atom is 0.0905 e. The molecule has 2 saturated carbocycles. The van der Waals surface area contributed by atoms with E-state index in [-0.39, 0.29) is 0 Å². The van der Waals surface area contributed by atoms with Gasteiger partial charge in [0.25, 0.3) is 0 Å². The van der Waals surface area contributed by atoms with Gasteiger partial charge >= 0.3 is 0 Å². The number of fused-ring (bicyclic) bond motifs is 2. The van der Waals surface area contributed by atoms with Gasteiger partial charge in [-0.05, 0) is 24.2 Å². The molecule has 0 spiro atoms. The van der Waals surface area contributed by atoms with Crippen molar-refractivity contribution in [2.24, 2.45) is 16.7 Å². The highest BCUT2D eigenvalue weighted by atomic mass is 14.8. The lowest BCUT2D eigenvalue weighted by Crippen LogP contribution is -2.67. The lowest BCUT2D eigenvalue weighted by atomic mass is 9.69. The van der Waals surface area contributed by atoms with Crippen LogP contribution in [0.15, 0.2) is 0 Å². The smallest absolute Gasteiger partial charge is 0.0905 e. The van der Waals surface area contributed by atoms with Crippen LogP contribution in [0.25, 0.3) is 0 Å². The first kappa shape index (κ1) is 7.60. The second-order valence-corrected chi connectivity index (χ2v) is 5.31. The Labute approximate surface area is 69.4 Å². The van der Waals surface area contributed by atoms with E-state index in [0.717, 1.165) is 12.0 Å². The summed E-state index contributed by atoms with van der Waals surface area (Å²) >= 11 is 0. The van der Waals surface area contributed by atoms with Crippen LogP contribution < -0.4 is 5.73 Å². The molecule has 0 saturated heterocycles. The molecule has 0 aliphatic heterocycles. The van der Waals surface area contributed by atoms with E-state index in [1.807, 2.05) is 0 Å². The Balaban J connectivity index is 2.40. The molecular weight excluding hydrogens is 134 g/mol. The molecule has 3 atom stereocenters. The molecule has 2 rings (SSSR count). The highest BCUT2D eigenvalue weighted by Gasteiger charge is 2.62. The molecule has 2 bridgehead atoms. The summed E-state index contributed by atoms with van der Waals surface area (Å²) in [6, 6.07) is 0.719. The molecule has 2 fully saturated rings. The maximum absolute atomic E-state index is 4.29. The molecule has 2 aliphatic carbocycles. The summed E-state index contributed by atoms with van der Waals surface area (Å²) in [5.74, 6) is 0.968. The maximum atomic E-state index is 4.29. The monoisotopic (exact) mass is 154 g/mol. The normalized spacial score (nSPS) is 53.5. The van der Waals surface area contributed by atoms with Gasteiger partial charge in [-0.15, -0.1) is 0 Å². The van der Waals surface area contributed by atoms with Crippen molar-refractivity contribution in [3.8, 4) is 0 Å². The van der Waals surface area contributed by atoms with Crippen molar-refractivity contribution in [3.63, 3.8) is 0 Å². The van der Waals surface area contributed by atoms with Crippen LogP contribution in [-0.4, -0.2) is 6.04 Å². The molecule has 0 heterocycles. The highest BCUT2D eigenvalue weighted by molar-refractivity contribution is 5.09. The van der Waals surface area contributed by atoms with Crippen LogP contribution in [0.3, 0.4) is 0 Å². The lowest BCUT2D eigenvalue weighted by molar-refractivity contribution is -0.446. The molecular formula is C10H20N+. The van der Waals surface area contributed by atoms with Crippen molar-refractivity contribution in [1.82, 2.24) is 0 Å². The first-order valence-electron chi connectivity index (χ1n) is 4.81. The minimum Gasteiger partial charge on any atom is -0.355 e. The fourth-order valence-corrected chi connectivity index (χ4v) is 3.37.